The number of ether oxygens (including phenoxy) is 2. The van der Waals surface area contributed by atoms with Gasteiger partial charge in [0.15, 0.2) is 0 Å². The number of primary amides is 1. The van der Waals surface area contributed by atoms with Crippen LogP contribution in [0, 0.1) is 10.1 Å². The van der Waals surface area contributed by atoms with Crippen molar-refractivity contribution >= 4 is 23.5 Å². The lowest BCUT2D eigenvalue weighted by Gasteiger charge is -2.18. The minimum Gasteiger partial charge on any atom is -0.469 e. The molecule has 132 valence electrons. The molecule has 2 N–H and O–H groups in total. The van der Waals surface area contributed by atoms with E-state index in [0.717, 1.165) is 24.3 Å². The lowest BCUT2D eigenvalue weighted by molar-refractivity contribution is -0.385. The van der Waals surface area contributed by atoms with E-state index in [9.17, 15) is 19.7 Å². The van der Waals surface area contributed by atoms with Gasteiger partial charge in [0.2, 0.25) is 0 Å². The number of rotatable bonds is 5. The summed E-state index contributed by atoms with van der Waals surface area (Å²) in [4.78, 5) is 36.9. The summed E-state index contributed by atoms with van der Waals surface area (Å²) in [5.41, 5.74) is 4.95. The van der Waals surface area contributed by atoms with Gasteiger partial charge in [-0.2, -0.15) is 0 Å². The number of aromatic nitrogens is 1. The van der Waals surface area contributed by atoms with Crippen molar-refractivity contribution in [2.45, 2.75) is 19.3 Å². The normalized spacial score (nSPS) is 12.7. The number of nitrogens with zero attached hydrogens (tertiary/aromatic N) is 3. The van der Waals surface area contributed by atoms with Gasteiger partial charge in [0.05, 0.1) is 18.5 Å². The topological polar surface area (TPSA) is 138 Å². The predicted molar refractivity (Wildman–Crippen MR) is 84.5 cm³/mol. The molecule has 0 saturated carbocycles. The van der Waals surface area contributed by atoms with E-state index in [4.69, 9.17) is 10.5 Å². The van der Waals surface area contributed by atoms with Crippen LogP contribution in [0.25, 0.3) is 0 Å². The van der Waals surface area contributed by atoms with Crippen LogP contribution in [0.3, 0.4) is 0 Å². The van der Waals surface area contributed by atoms with E-state index < -0.39 is 16.9 Å². The van der Waals surface area contributed by atoms with Gasteiger partial charge in [-0.3, -0.25) is 19.8 Å². The molecule has 1 aliphatic heterocycles. The van der Waals surface area contributed by atoms with Gasteiger partial charge in [-0.25, -0.2) is 9.78 Å². The zero-order chi connectivity index (χ0) is 17.9. The third kappa shape index (κ3) is 6.57. The highest BCUT2D eigenvalue weighted by molar-refractivity contribution is 5.90. The van der Waals surface area contributed by atoms with E-state index in [1.165, 1.54) is 32.1 Å². The maximum Gasteiger partial charge on any atom is 0.320 e. The second kappa shape index (κ2) is 10.1. The minimum atomic E-state index is -0.815. The third-order valence-electron chi connectivity index (χ3n) is 3.08. The van der Waals surface area contributed by atoms with Crippen molar-refractivity contribution in [1.82, 2.24) is 4.98 Å². The van der Waals surface area contributed by atoms with Crippen molar-refractivity contribution in [2.24, 2.45) is 5.73 Å². The Morgan fingerprint density at radius 1 is 1.42 bits per heavy atom. The molecule has 1 aromatic heterocycles. The molecule has 1 fully saturated rings. The number of carbonyl (C=O) groups is 2. The summed E-state index contributed by atoms with van der Waals surface area (Å²) in [7, 11) is 1.22. The Labute approximate surface area is 138 Å². The van der Waals surface area contributed by atoms with E-state index in [2.05, 4.69) is 9.72 Å². The highest BCUT2D eigenvalue weighted by Gasteiger charge is 2.17. The molecule has 1 aliphatic rings. The van der Waals surface area contributed by atoms with Gasteiger partial charge in [0.1, 0.15) is 12.0 Å². The molecule has 10 heteroatoms. The van der Waals surface area contributed by atoms with Crippen LogP contribution in [0.5, 0.6) is 0 Å². The molecule has 0 bridgehead atoms. The second-order valence-electron chi connectivity index (χ2n) is 4.77. The lowest BCUT2D eigenvalue weighted by atomic mass is 10.3. The molecule has 2 rings (SSSR count). The van der Waals surface area contributed by atoms with Crippen LogP contribution in [0.2, 0.25) is 0 Å². The van der Waals surface area contributed by atoms with Crippen LogP contribution in [0.4, 0.5) is 16.3 Å². The fraction of sp³-hybridized carbons (Fsp3) is 0.500. The van der Waals surface area contributed by atoms with E-state index in [-0.39, 0.29) is 24.5 Å². The number of hydrogen-bond donors (Lipinski definition) is 1. The quantitative estimate of drug-likeness (QED) is 0.483. The fourth-order valence-corrected chi connectivity index (χ4v) is 1.80. The Morgan fingerprint density at radius 3 is 2.46 bits per heavy atom. The Morgan fingerprint density at radius 2 is 2.08 bits per heavy atom. The van der Waals surface area contributed by atoms with E-state index in [0.29, 0.717) is 0 Å². The number of nitrogens with two attached hydrogens (primary N) is 1. The molecule has 0 aliphatic carbocycles. The standard InChI is InChI=1S/C10H12N4O5.C4H8O/c1-19-9(15)4-5-13(10(11)16)8-3-2-7(6-12-8)14(17)18;1-2-4-5-3-1/h2-3,6H,4-5H2,1H3,(H2,11,16);1-4H2. The predicted octanol–water partition coefficient (Wildman–Crippen LogP) is 1.23. The molecule has 0 spiro atoms. The summed E-state index contributed by atoms with van der Waals surface area (Å²) in [5, 5.41) is 10.5. The fourth-order valence-electron chi connectivity index (χ4n) is 1.80. The molecule has 2 heterocycles. The smallest absolute Gasteiger partial charge is 0.320 e. The molecule has 2 amide bonds. The van der Waals surface area contributed by atoms with Crippen molar-refractivity contribution in [1.29, 1.82) is 0 Å². The van der Waals surface area contributed by atoms with Gasteiger partial charge in [-0.15, -0.1) is 0 Å². The summed E-state index contributed by atoms with van der Waals surface area (Å²) in [6.45, 7) is 1.98. The first-order valence-electron chi connectivity index (χ1n) is 7.27. The molecular weight excluding hydrogens is 320 g/mol. The first-order valence-corrected chi connectivity index (χ1v) is 7.27. The Kier molecular flexibility index (Phi) is 8.13. The Balaban J connectivity index is 0.000000488. The number of carbonyl (C=O) groups excluding carboxylic acids is 2. The molecule has 1 saturated heterocycles. The van der Waals surface area contributed by atoms with Crippen LogP contribution < -0.4 is 10.6 Å². The molecular formula is C14H20N4O6. The zero-order valence-corrected chi connectivity index (χ0v) is 13.3. The Bertz CT molecular complexity index is 551. The van der Waals surface area contributed by atoms with Gasteiger partial charge < -0.3 is 15.2 Å². The molecule has 0 atom stereocenters. The van der Waals surface area contributed by atoms with Crippen LogP contribution in [-0.2, 0) is 14.3 Å². The van der Waals surface area contributed by atoms with Gasteiger partial charge in [0.25, 0.3) is 5.69 Å². The summed E-state index contributed by atoms with van der Waals surface area (Å²) in [6.07, 6.45) is 3.50. The summed E-state index contributed by atoms with van der Waals surface area (Å²) in [6, 6.07) is 1.65. The summed E-state index contributed by atoms with van der Waals surface area (Å²) in [5.74, 6) is -0.379. The maximum atomic E-state index is 11.2. The SMILES string of the molecule is C1CCOC1.COC(=O)CCN(C(N)=O)c1ccc([N+](=O)[O-])cn1. The van der Waals surface area contributed by atoms with Gasteiger partial charge in [-0.05, 0) is 18.9 Å². The Hall–Kier alpha value is -2.75. The molecule has 0 unspecified atom stereocenters. The number of pyridine rings is 1. The minimum absolute atomic E-state index is 0.0210. The maximum absolute atomic E-state index is 11.2. The largest absolute Gasteiger partial charge is 0.469 e. The molecule has 24 heavy (non-hydrogen) atoms. The van der Waals surface area contributed by atoms with Crippen molar-refractivity contribution in [3.05, 3.63) is 28.4 Å². The monoisotopic (exact) mass is 340 g/mol. The number of anilines is 1. The second-order valence-corrected chi connectivity index (χ2v) is 4.77. The zero-order valence-electron chi connectivity index (χ0n) is 13.3. The highest BCUT2D eigenvalue weighted by atomic mass is 16.6. The van der Waals surface area contributed by atoms with Crippen molar-refractivity contribution in [3.63, 3.8) is 0 Å². The van der Waals surface area contributed by atoms with E-state index >= 15 is 0 Å². The summed E-state index contributed by atoms with van der Waals surface area (Å²) < 4.78 is 9.38. The molecule has 1 aromatic rings. The van der Waals surface area contributed by atoms with Crippen LogP contribution in [0.15, 0.2) is 18.3 Å². The van der Waals surface area contributed by atoms with Crippen LogP contribution in [0.1, 0.15) is 19.3 Å². The van der Waals surface area contributed by atoms with E-state index in [1.54, 1.807) is 0 Å². The van der Waals surface area contributed by atoms with Crippen molar-refractivity contribution in [2.75, 3.05) is 31.8 Å². The van der Waals surface area contributed by atoms with E-state index in [1.807, 2.05) is 0 Å². The first kappa shape index (κ1) is 19.3. The van der Waals surface area contributed by atoms with Crippen molar-refractivity contribution < 1.29 is 24.0 Å². The van der Waals surface area contributed by atoms with Gasteiger partial charge in [-0.1, -0.05) is 0 Å². The number of nitro groups is 1. The molecule has 0 radical (unpaired) electrons. The number of esters is 1. The van der Waals surface area contributed by atoms with Crippen LogP contribution in [-0.4, -0.2) is 48.8 Å². The van der Waals surface area contributed by atoms with Crippen molar-refractivity contribution in [3.8, 4) is 0 Å². The molecule has 0 aromatic carbocycles. The lowest BCUT2D eigenvalue weighted by Crippen LogP contribution is -2.38. The summed E-state index contributed by atoms with van der Waals surface area (Å²) >= 11 is 0. The van der Waals surface area contributed by atoms with Gasteiger partial charge in [0, 0.05) is 25.8 Å². The number of hydrogen-bond acceptors (Lipinski definition) is 7. The number of amides is 2. The average molecular weight is 340 g/mol. The number of methoxy groups -OCH3 is 1. The van der Waals surface area contributed by atoms with Gasteiger partial charge >= 0.3 is 12.0 Å². The third-order valence-corrected chi connectivity index (χ3v) is 3.08. The van der Waals surface area contributed by atoms with Crippen LogP contribution >= 0.6 is 0 Å². The molecule has 10 nitrogen and oxygen atoms in total. The number of urea groups is 1. The first-order chi connectivity index (χ1) is 11.5. The average Bonchev–Trinajstić information content (AvgIpc) is 3.14. The highest BCUT2D eigenvalue weighted by Crippen LogP contribution is 2.16.